The van der Waals surface area contributed by atoms with Gasteiger partial charge in [-0.1, -0.05) is 43.4 Å². The summed E-state index contributed by atoms with van der Waals surface area (Å²) in [4.78, 5) is 11.4. The summed E-state index contributed by atoms with van der Waals surface area (Å²) >= 11 is 5.99. The zero-order valence-electron chi connectivity index (χ0n) is 12.8. The first-order valence-electron chi connectivity index (χ1n) is 6.99. The molecule has 116 valence electrons. The van der Waals surface area contributed by atoms with Crippen LogP contribution in [0.15, 0.2) is 23.1 Å². The number of carbonyl (C=O) groups excluding carboxylic acids is 1. The minimum atomic E-state index is -3.41. The maximum Gasteiger partial charge on any atom is 1.00 e. The van der Waals surface area contributed by atoms with Crippen LogP contribution >= 0.6 is 11.6 Å². The Morgan fingerprint density at radius 2 is 1.95 bits per heavy atom. The number of carboxylic acids is 1. The van der Waals surface area contributed by atoms with Crippen molar-refractivity contribution in [3.8, 4) is 0 Å². The number of aliphatic carboxylic acids is 1. The monoisotopic (exact) mass is 352 g/mol. The first-order chi connectivity index (χ1) is 9.79. The van der Waals surface area contributed by atoms with E-state index < -0.39 is 21.7 Å². The Labute approximate surface area is 158 Å². The molecule has 4 nitrogen and oxygen atoms in total. The Balaban J connectivity index is 0.00000242. The van der Waals surface area contributed by atoms with E-state index in [1.165, 1.54) is 18.2 Å². The Bertz CT molecular complexity index is 639. The molecular weight excluding hydrogens is 335 g/mol. The number of hydrogen-bond donors (Lipinski definition) is 0. The van der Waals surface area contributed by atoms with Crippen LogP contribution in [-0.2, 0) is 14.6 Å². The molecule has 22 heavy (non-hydrogen) atoms. The molecule has 1 saturated carbocycles. The average molecular weight is 353 g/mol. The molecule has 0 spiro atoms. The number of carboxylic acid groups (broad SMARTS) is 1. The van der Waals surface area contributed by atoms with Crippen molar-refractivity contribution in [1.82, 2.24) is 0 Å². The molecule has 1 atom stereocenters. The van der Waals surface area contributed by atoms with Gasteiger partial charge >= 0.3 is 29.6 Å². The van der Waals surface area contributed by atoms with E-state index in [1.807, 2.05) is 0 Å². The van der Waals surface area contributed by atoms with Crippen LogP contribution in [0.1, 0.15) is 43.6 Å². The van der Waals surface area contributed by atoms with Gasteiger partial charge in [0.25, 0.3) is 0 Å². The van der Waals surface area contributed by atoms with Crippen LogP contribution in [-0.4, -0.2) is 20.6 Å². The second-order valence-electron chi connectivity index (χ2n) is 5.72. The fourth-order valence-corrected chi connectivity index (χ4v) is 4.32. The number of sulfone groups is 1. The van der Waals surface area contributed by atoms with Gasteiger partial charge in [0.1, 0.15) is 0 Å². The van der Waals surface area contributed by atoms with E-state index in [0.29, 0.717) is 17.9 Å². The zero-order chi connectivity index (χ0) is 15.6. The van der Waals surface area contributed by atoms with Crippen molar-refractivity contribution in [3.05, 3.63) is 28.8 Å². The molecule has 0 amide bonds. The number of benzene rings is 1. The van der Waals surface area contributed by atoms with Gasteiger partial charge in [-0.3, -0.25) is 0 Å². The molecule has 0 saturated heterocycles. The van der Waals surface area contributed by atoms with Crippen molar-refractivity contribution in [2.24, 2.45) is 5.92 Å². The Hall–Kier alpha value is -0.0700. The van der Waals surface area contributed by atoms with E-state index in [9.17, 15) is 18.3 Å². The van der Waals surface area contributed by atoms with Crippen LogP contribution in [0.5, 0.6) is 0 Å². The molecule has 1 aromatic rings. The molecule has 0 N–H and O–H groups in total. The van der Waals surface area contributed by atoms with Crippen molar-refractivity contribution < 1.29 is 47.9 Å². The smallest absolute Gasteiger partial charge is 0.549 e. The third-order valence-corrected chi connectivity index (χ3v) is 5.67. The summed E-state index contributed by atoms with van der Waals surface area (Å²) in [5.41, 5.74) is 0.513. The average Bonchev–Trinajstić information content (AvgIpc) is 2.86. The molecule has 0 unspecified atom stereocenters. The third kappa shape index (κ3) is 4.96. The van der Waals surface area contributed by atoms with Gasteiger partial charge in [-0.15, -0.1) is 0 Å². The van der Waals surface area contributed by atoms with Crippen molar-refractivity contribution in [2.45, 2.75) is 42.9 Å². The van der Waals surface area contributed by atoms with Crippen LogP contribution < -0.4 is 34.7 Å². The molecule has 7 heteroatoms. The third-order valence-electron chi connectivity index (χ3n) is 4.09. The van der Waals surface area contributed by atoms with Crippen molar-refractivity contribution in [2.75, 3.05) is 6.26 Å². The standard InChI is InChI=1S/C15H19ClO4S.Na/c1-21(19,20)14-7-6-11(9-13(14)16)12(15(17)18)8-10-4-2-3-5-10;/h6-7,9-10,12H,2-5,8H2,1H3,(H,17,18);/q;+1/p-1/t12-;/m1./s1. The molecule has 1 aliphatic rings. The summed E-state index contributed by atoms with van der Waals surface area (Å²) in [6.07, 6.45) is 5.95. The fourth-order valence-electron chi connectivity index (χ4n) is 2.98. The predicted molar refractivity (Wildman–Crippen MR) is 78.9 cm³/mol. The SMILES string of the molecule is CS(=O)(=O)c1ccc([C@@H](CC2CCCC2)C(=O)[O-])cc1Cl.[Na+]. The molecule has 1 aliphatic carbocycles. The van der Waals surface area contributed by atoms with E-state index in [2.05, 4.69) is 0 Å². The van der Waals surface area contributed by atoms with Crippen LogP contribution in [0.3, 0.4) is 0 Å². The van der Waals surface area contributed by atoms with Gasteiger partial charge < -0.3 is 9.90 Å². The van der Waals surface area contributed by atoms with Gasteiger partial charge in [-0.2, -0.15) is 0 Å². The second kappa shape index (κ2) is 8.15. The number of halogens is 1. The van der Waals surface area contributed by atoms with Gasteiger partial charge in [0, 0.05) is 18.1 Å². The van der Waals surface area contributed by atoms with Crippen molar-refractivity contribution in [1.29, 1.82) is 0 Å². The van der Waals surface area contributed by atoms with Gasteiger partial charge in [0.2, 0.25) is 0 Å². The number of carbonyl (C=O) groups is 1. The first-order valence-corrected chi connectivity index (χ1v) is 9.26. The van der Waals surface area contributed by atoms with E-state index >= 15 is 0 Å². The Morgan fingerprint density at radius 3 is 2.41 bits per heavy atom. The quantitative estimate of drug-likeness (QED) is 0.648. The van der Waals surface area contributed by atoms with Crippen LogP contribution in [0, 0.1) is 5.92 Å². The largest absolute Gasteiger partial charge is 1.00 e. The molecule has 0 aliphatic heterocycles. The van der Waals surface area contributed by atoms with E-state index in [0.717, 1.165) is 31.9 Å². The maximum atomic E-state index is 11.5. The normalized spacial score (nSPS) is 17.0. The second-order valence-corrected chi connectivity index (χ2v) is 8.11. The van der Waals surface area contributed by atoms with Gasteiger partial charge in [-0.05, 0) is 30.0 Å². The van der Waals surface area contributed by atoms with E-state index in [4.69, 9.17) is 11.6 Å². The zero-order valence-corrected chi connectivity index (χ0v) is 16.4. The molecular formula is C15H18ClNaO4S. The van der Waals surface area contributed by atoms with Gasteiger partial charge in [0.15, 0.2) is 9.84 Å². The van der Waals surface area contributed by atoms with Crippen LogP contribution in [0.2, 0.25) is 5.02 Å². The van der Waals surface area contributed by atoms with Crippen LogP contribution in [0.25, 0.3) is 0 Å². The molecule has 1 fully saturated rings. The van der Waals surface area contributed by atoms with E-state index in [-0.39, 0.29) is 39.5 Å². The summed E-state index contributed by atoms with van der Waals surface area (Å²) in [6.45, 7) is 0. The molecule has 1 aromatic carbocycles. The number of rotatable bonds is 5. The topological polar surface area (TPSA) is 74.3 Å². The molecule has 0 heterocycles. The predicted octanol–water partition coefficient (Wildman–Crippen LogP) is -0.839. The molecule has 0 bridgehead atoms. The first kappa shape index (κ1) is 20.0. The molecule has 2 rings (SSSR count). The van der Waals surface area contributed by atoms with E-state index in [1.54, 1.807) is 0 Å². The summed E-state index contributed by atoms with van der Waals surface area (Å²) < 4.78 is 23.1. The summed E-state index contributed by atoms with van der Waals surface area (Å²) in [5, 5.41) is 11.5. The summed E-state index contributed by atoms with van der Waals surface area (Å²) in [6, 6.07) is 4.34. The van der Waals surface area contributed by atoms with Crippen molar-refractivity contribution in [3.63, 3.8) is 0 Å². The van der Waals surface area contributed by atoms with Gasteiger partial charge in [0.05, 0.1) is 9.92 Å². The minimum absolute atomic E-state index is 0. The Morgan fingerprint density at radius 1 is 1.36 bits per heavy atom. The summed E-state index contributed by atoms with van der Waals surface area (Å²) in [7, 11) is -3.41. The fraction of sp³-hybridized carbons (Fsp3) is 0.533. The minimum Gasteiger partial charge on any atom is -0.549 e. The summed E-state index contributed by atoms with van der Waals surface area (Å²) in [5.74, 6) is -1.48. The maximum absolute atomic E-state index is 11.5. The van der Waals surface area contributed by atoms with Gasteiger partial charge in [-0.25, -0.2) is 8.42 Å². The molecule has 0 radical (unpaired) electrons. The molecule has 0 aromatic heterocycles. The number of hydrogen-bond acceptors (Lipinski definition) is 4. The van der Waals surface area contributed by atoms with Crippen molar-refractivity contribution >= 4 is 27.4 Å². The van der Waals surface area contributed by atoms with Crippen LogP contribution in [0.4, 0.5) is 0 Å². The Kier molecular flexibility index (Phi) is 7.40.